The molecule has 0 aromatic carbocycles. The molecule has 4 atom stereocenters. The van der Waals surface area contributed by atoms with E-state index in [0.29, 0.717) is 0 Å². The summed E-state index contributed by atoms with van der Waals surface area (Å²) in [6.45, 7) is 0. The highest BCUT2D eigenvalue weighted by atomic mass is 79.9. The molecular formula is C16H19BrF2N2O2. The van der Waals surface area contributed by atoms with Gasteiger partial charge < -0.3 is 10.1 Å². The van der Waals surface area contributed by atoms with Gasteiger partial charge in [-0.15, -0.1) is 0 Å². The number of nitrogens with zero attached hydrogens (tertiary/aromatic N) is 1. The zero-order valence-electron chi connectivity index (χ0n) is 12.8. The van der Waals surface area contributed by atoms with E-state index < -0.39 is 11.6 Å². The van der Waals surface area contributed by atoms with Crippen LogP contribution in [0.2, 0.25) is 0 Å². The second-order valence-electron chi connectivity index (χ2n) is 6.34. The lowest BCUT2D eigenvalue weighted by atomic mass is 9.71. The lowest BCUT2D eigenvalue weighted by Gasteiger charge is -2.39. The summed E-state index contributed by atoms with van der Waals surface area (Å²) in [6, 6.07) is 0.560. The third-order valence-corrected chi connectivity index (χ3v) is 5.68. The summed E-state index contributed by atoms with van der Waals surface area (Å²) in [4.78, 5) is 16.2. The molecule has 4 nitrogen and oxygen atoms in total. The molecule has 3 aliphatic rings. The lowest BCUT2D eigenvalue weighted by molar-refractivity contribution is -0.149. The van der Waals surface area contributed by atoms with Gasteiger partial charge in [0.25, 0.3) is 0 Å². The Labute approximate surface area is 142 Å². The molecule has 0 radical (unpaired) electrons. The molecule has 4 rings (SSSR count). The first kappa shape index (κ1) is 16.6. The van der Waals surface area contributed by atoms with Gasteiger partial charge in [0.2, 0.25) is 0 Å². The number of hydrogen-bond acceptors (Lipinski definition) is 4. The minimum atomic E-state index is -0.755. The van der Waals surface area contributed by atoms with Crippen LogP contribution in [0.4, 0.5) is 14.6 Å². The average molecular weight is 389 g/mol. The molecule has 23 heavy (non-hydrogen) atoms. The number of nitrogens with one attached hydrogen (secondary N) is 1. The Hall–Kier alpha value is -1.24. The first-order valence-corrected chi connectivity index (χ1v) is 8.66. The second-order valence-corrected chi connectivity index (χ2v) is 7.09. The van der Waals surface area contributed by atoms with Crippen molar-refractivity contribution in [1.29, 1.82) is 0 Å². The van der Waals surface area contributed by atoms with Gasteiger partial charge in [-0.3, -0.25) is 4.79 Å². The molecule has 1 aromatic heterocycles. The Morgan fingerprint density at radius 1 is 1.26 bits per heavy atom. The van der Waals surface area contributed by atoms with E-state index in [1.54, 1.807) is 0 Å². The summed E-state index contributed by atoms with van der Waals surface area (Å²) >= 11 is 2.97. The standard InChI is InChI=1S/C16H19BrF2N2O2/c1-23-16(22)12-8-3-2-4-9(6-5-8)13(12)20-15-11(19)7-10(18)14(17)21-15/h7-9,12-13H,2-6H2,1H3,(H,20,21)/t8?,9?,12-,13?/m0/s1. The van der Waals surface area contributed by atoms with Crippen molar-refractivity contribution in [1.82, 2.24) is 4.98 Å². The number of fused-ring (bicyclic) bond motifs is 4. The monoisotopic (exact) mass is 388 g/mol. The van der Waals surface area contributed by atoms with Gasteiger partial charge in [0, 0.05) is 12.1 Å². The molecule has 126 valence electrons. The van der Waals surface area contributed by atoms with Gasteiger partial charge in [0.1, 0.15) is 4.60 Å². The number of aromatic nitrogens is 1. The zero-order chi connectivity index (χ0) is 16.6. The van der Waals surface area contributed by atoms with E-state index in [1.165, 1.54) is 7.11 Å². The fraction of sp³-hybridized carbons (Fsp3) is 0.625. The third kappa shape index (κ3) is 3.20. The zero-order valence-corrected chi connectivity index (χ0v) is 14.4. The van der Waals surface area contributed by atoms with Crippen LogP contribution in [-0.2, 0) is 9.53 Å². The highest BCUT2D eigenvalue weighted by molar-refractivity contribution is 9.10. The van der Waals surface area contributed by atoms with Crippen LogP contribution in [0.15, 0.2) is 10.7 Å². The van der Waals surface area contributed by atoms with Crippen LogP contribution in [0.3, 0.4) is 0 Å². The van der Waals surface area contributed by atoms with E-state index in [9.17, 15) is 13.6 Å². The van der Waals surface area contributed by atoms with E-state index in [-0.39, 0.29) is 40.2 Å². The molecule has 3 unspecified atom stereocenters. The Balaban J connectivity index is 1.92. The van der Waals surface area contributed by atoms with Crippen LogP contribution in [0, 0.1) is 29.4 Å². The number of hydrogen-bond donors (Lipinski definition) is 1. The van der Waals surface area contributed by atoms with Crippen molar-refractivity contribution >= 4 is 27.7 Å². The molecule has 0 saturated heterocycles. The summed E-state index contributed by atoms with van der Waals surface area (Å²) in [5.41, 5.74) is 0. The number of carbonyl (C=O) groups excluding carboxylic acids is 1. The molecule has 7 heteroatoms. The SMILES string of the molecule is COC(=O)[C@H]1C2CCCC(CC2)C1Nc1nc(Br)c(F)cc1F. The number of halogens is 3. The first-order chi connectivity index (χ1) is 11.0. The smallest absolute Gasteiger partial charge is 0.311 e. The molecule has 3 saturated carbocycles. The number of esters is 1. The van der Waals surface area contributed by atoms with Gasteiger partial charge in [-0.25, -0.2) is 13.8 Å². The largest absolute Gasteiger partial charge is 0.469 e. The first-order valence-electron chi connectivity index (χ1n) is 7.87. The predicted molar refractivity (Wildman–Crippen MR) is 84.8 cm³/mol. The van der Waals surface area contributed by atoms with Crippen LogP contribution in [0.25, 0.3) is 0 Å². The molecular weight excluding hydrogens is 370 g/mol. The molecule has 1 N–H and O–H groups in total. The Morgan fingerprint density at radius 3 is 2.70 bits per heavy atom. The van der Waals surface area contributed by atoms with Crippen molar-refractivity contribution in [2.24, 2.45) is 17.8 Å². The fourth-order valence-corrected chi connectivity index (χ4v) is 4.34. The van der Waals surface area contributed by atoms with Gasteiger partial charge in [-0.1, -0.05) is 6.42 Å². The van der Waals surface area contributed by atoms with Crippen molar-refractivity contribution < 1.29 is 18.3 Å². The van der Waals surface area contributed by atoms with Crippen molar-refractivity contribution in [2.75, 3.05) is 12.4 Å². The maximum atomic E-state index is 14.0. The number of anilines is 1. The van der Waals surface area contributed by atoms with Crippen LogP contribution in [0.5, 0.6) is 0 Å². The minimum absolute atomic E-state index is 0.0234. The predicted octanol–water partition coefficient (Wildman–Crippen LogP) is 3.90. The molecule has 3 fully saturated rings. The van der Waals surface area contributed by atoms with Gasteiger partial charge in [0.15, 0.2) is 17.5 Å². The molecule has 0 spiro atoms. The van der Waals surface area contributed by atoms with Crippen molar-refractivity contribution in [3.63, 3.8) is 0 Å². The van der Waals surface area contributed by atoms with Crippen LogP contribution in [-0.4, -0.2) is 24.1 Å². The summed E-state index contributed by atoms with van der Waals surface area (Å²) in [7, 11) is 1.38. The van der Waals surface area contributed by atoms with E-state index in [0.717, 1.165) is 38.2 Å². The van der Waals surface area contributed by atoms with Crippen LogP contribution >= 0.6 is 15.9 Å². The summed E-state index contributed by atoms with van der Waals surface area (Å²) < 4.78 is 32.3. The molecule has 0 amide bonds. The molecule has 2 bridgehead atoms. The van der Waals surface area contributed by atoms with Crippen molar-refractivity contribution in [3.8, 4) is 0 Å². The Kier molecular flexibility index (Phi) is 4.85. The maximum Gasteiger partial charge on any atom is 0.311 e. The highest BCUT2D eigenvalue weighted by Crippen LogP contribution is 2.44. The summed E-state index contributed by atoms with van der Waals surface area (Å²) in [5, 5.41) is 3.07. The van der Waals surface area contributed by atoms with E-state index in [2.05, 4.69) is 26.2 Å². The second kappa shape index (κ2) is 6.71. The normalized spacial score (nSPS) is 29.9. The molecule has 0 aliphatic heterocycles. The average Bonchev–Trinajstić information content (AvgIpc) is 2.86. The van der Waals surface area contributed by atoms with Gasteiger partial charge in [-0.05, 0) is 53.4 Å². The van der Waals surface area contributed by atoms with E-state index >= 15 is 0 Å². The van der Waals surface area contributed by atoms with Crippen LogP contribution in [0.1, 0.15) is 32.1 Å². The lowest BCUT2D eigenvalue weighted by Crippen LogP contribution is -2.47. The summed E-state index contributed by atoms with van der Waals surface area (Å²) in [6.07, 6.45) is 5.03. The number of ether oxygens (including phenoxy) is 1. The van der Waals surface area contributed by atoms with E-state index in [4.69, 9.17) is 4.74 Å². The van der Waals surface area contributed by atoms with Crippen molar-refractivity contribution in [3.05, 3.63) is 22.3 Å². The maximum absolute atomic E-state index is 14.0. The number of pyridine rings is 1. The number of rotatable bonds is 3. The van der Waals surface area contributed by atoms with Gasteiger partial charge >= 0.3 is 5.97 Å². The molecule has 1 aromatic rings. The van der Waals surface area contributed by atoms with Crippen molar-refractivity contribution in [2.45, 2.75) is 38.1 Å². The number of carbonyl (C=O) groups is 1. The Morgan fingerprint density at radius 2 is 1.96 bits per heavy atom. The van der Waals surface area contributed by atoms with Gasteiger partial charge in [0.05, 0.1) is 13.0 Å². The molecule has 1 heterocycles. The third-order valence-electron chi connectivity index (χ3n) is 5.12. The highest BCUT2D eigenvalue weighted by Gasteiger charge is 2.46. The van der Waals surface area contributed by atoms with Gasteiger partial charge in [-0.2, -0.15) is 0 Å². The quantitative estimate of drug-likeness (QED) is 0.629. The topological polar surface area (TPSA) is 51.2 Å². The number of methoxy groups -OCH3 is 1. The molecule has 3 aliphatic carbocycles. The fourth-order valence-electron chi connectivity index (χ4n) is 4.05. The minimum Gasteiger partial charge on any atom is -0.469 e. The summed E-state index contributed by atoms with van der Waals surface area (Å²) in [5.74, 6) is -1.60. The van der Waals surface area contributed by atoms with Crippen LogP contribution < -0.4 is 5.32 Å². The Bertz CT molecular complexity index is 610. The van der Waals surface area contributed by atoms with E-state index in [1.807, 2.05) is 0 Å².